The fourth-order valence-electron chi connectivity index (χ4n) is 2.84. The number of rotatable bonds is 2. The third kappa shape index (κ3) is 2.99. The zero-order valence-electron chi connectivity index (χ0n) is 13.1. The van der Waals surface area contributed by atoms with Gasteiger partial charge in [-0.15, -0.1) is 0 Å². The van der Waals surface area contributed by atoms with E-state index >= 15 is 0 Å². The van der Waals surface area contributed by atoms with Crippen LogP contribution in [0.5, 0.6) is 0 Å². The molecule has 1 unspecified atom stereocenters. The molecule has 0 N–H and O–H groups in total. The van der Waals surface area contributed by atoms with E-state index in [2.05, 4.69) is 0 Å². The lowest BCUT2D eigenvalue weighted by molar-refractivity contribution is -0.124. The van der Waals surface area contributed by atoms with Gasteiger partial charge in [0.15, 0.2) is 0 Å². The summed E-state index contributed by atoms with van der Waals surface area (Å²) in [5.41, 5.74) is 0.870. The summed E-state index contributed by atoms with van der Waals surface area (Å²) >= 11 is 6.08. The van der Waals surface area contributed by atoms with Crippen molar-refractivity contribution in [2.75, 3.05) is 18.0 Å². The van der Waals surface area contributed by atoms with Crippen LogP contribution >= 0.6 is 11.6 Å². The normalized spacial score (nSPS) is 18.0. The van der Waals surface area contributed by atoms with Gasteiger partial charge in [0.2, 0.25) is 5.91 Å². The quantitative estimate of drug-likeness (QED) is 0.836. The zero-order valence-corrected chi connectivity index (χ0v) is 13.8. The van der Waals surface area contributed by atoms with E-state index in [1.807, 2.05) is 0 Å². The van der Waals surface area contributed by atoms with Crippen molar-refractivity contribution in [1.82, 2.24) is 4.90 Å². The summed E-state index contributed by atoms with van der Waals surface area (Å²) < 4.78 is 13.4. The molecule has 1 atom stereocenters. The van der Waals surface area contributed by atoms with E-state index in [1.54, 1.807) is 43.3 Å². The van der Waals surface area contributed by atoms with Crippen LogP contribution < -0.4 is 4.90 Å². The smallest absolute Gasteiger partial charge is 0.256 e. The maximum atomic E-state index is 13.4. The molecule has 0 radical (unpaired) electrons. The molecule has 1 heterocycles. The predicted octanol–water partition coefficient (Wildman–Crippen LogP) is 3.36. The molecule has 124 valence electrons. The van der Waals surface area contributed by atoms with E-state index < -0.39 is 11.9 Å². The highest BCUT2D eigenvalue weighted by molar-refractivity contribution is 6.33. The average Bonchev–Trinajstić information content (AvgIpc) is 2.57. The number of amides is 2. The zero-order chi connectivity index (χ0) is 17.3. The van der Waals surface area contributed by atoms with E-state index in [9.17, 15) is 14.0 Å². The number of carbonyl (C=O) groups excluding carboxylic acids is 2. The van der Waals surface area contributed by atoms with Crippen molar-refractivity contribution in [3.8, 4) is 0 Å². The van der Waals surface area contributed by atoms with Crippen LogP contribution in [0.3, 0.4) is 0 Å². The van der Waals surface area contributed by atoms with Crippen molar-refractivity contribution in [3.63, 3.8) is 0 Å². The molecule has 1 fully saturated rings. The fourth-order valence-corrected chi connectivity index (χ4v) is 3.05. The van der Waals surface area contributed by atoms with Gasteiger partial charge in [0.25, 0.3) is 5.91 Å². The standard InChI is InChI=1S/C18H16ClFN2O2/c1-12-17(23)22(14-6-4-5-13(20)11-14)10-9-21(12)18(24)15-7-2-3-8-16(15)19/h2-8,11-12H,9-10H2,1H3. The Balaban J connectivity index is 1.83. The third-order valence-corrected chi connectivity index (χ3v) is 4.47. The van der Waals surface area contributed by atoms with E-state index in [0.29, 0.717) is 29.4 Å². The summed E-state index contributed by atoms with van der Waals surface area (Å²) in [6, 6.07) is 12.0. The van der Waals surface area contributed by atoms with Gasteiger partial charge in [0.1, 0.15) is 11.9 Å². The summed E-state index contributed by atoms with van der Waals surface area (Å²) in [7, 11) is 0. The molecule has 1 aliphatic rings. The Kier molecular flexibility index (Phi) is 4.53. The minimum Gasteiger partial charge on any atom is -0.325 e. The summed E-state index contributed by atoms with van der Waals surface area (Å²) in [5, 5.41) is 0.356. The molecular formula is C18H16ClFN2O2. The van der Waals surface area contributed by atoms with Crippen LogP contribution in [-0.4, -0.2) is 35.8 Å². The van der Waals surface area contributed by atoms with Crippen LogP contribution in [0.15, 0.2) is 48.5 Å². The lowest BCUT2D eigenvalue weighted by Crippen LogP contribution is -2.57. The lowest BCUT2D eigenvalue weighted by Gasteiger charge is -2.39. The molecule has 0 bridgehead atoms. The van der Waals surface area contributed by atoms with Gasteiger partial charge in [-0.2, -0.15) is 0 Å². The van der Waals surface area contributed by atoms with Crippen molar-refractivity contribution in [2.24, 2.45) is 0 Å². The summed E-state index contributed by atoms with van der Waals surface area (Å²) in [5.74, 6) is -0.921. The molecule has 0 spiro atoms. The molecule has 1 aliphatic heterocycles. The minimum atomic E-state index is -0.647. The largest absolute Gasteiger partial charge is 0.325 e. The van der Waals surface area contributed by atoms with E-state index in [1.165, 1.54) is 21.9 Å². The molecule has 1 saturated heterocycles. The van der Waals surface area contributed by atoms with E-state index in [4.69, 9.17) is 11.6 Å². The molecule has 0 aliphatic carbocycles. The highest BCUT2D eigenvalue weighted by atomic mass is 35.5. The van der Waals surface area contributed by atoms with Crippen LogP contribution in [0, 0.1) is 5.82 Å². The molecule has 2 aromatic carbocycles. The number of benzene rings is 2. The van der Waals surface area contributed by atoms with Gasteiger partial charge in [-0.3, -0.25) is 9.59 Å². The van der Waals surface area contributed by atoms with Gasteiger partial charge < -0.3 is 9.80 Å². The first-order valence-corrected chi connectivity index (χ1v) is 7.99. The van der Waals surface area contributed by atoms with Crippen LogP contribution in [-0.2, 0) is 4.79 Å². The SMILES string of the molecule is CC1C(=O)N(c2cccc(F)c2)CCN1C(=O)c1ccccc1Cl. The molecule has 4 nitrogen and oxygen atoms in total. The number of anilines is 1. The van der Waals surface area contributed by atoms with Crippen molar-refractivity contribution < 1.29 is 14.0 Å². The molecule has 3 rings (SSSR count). The van der Waals surface area contributed by atoms with Crippen LogP contribution in [0.2, 0.25) is 5.02 Å². The Bertz CT molecular complexity index is 796. The van der Waals surface area contributed by atoms with Gasteiger partial charge in [-0.1, -0.05) is 29.8 Å². The highest BCUT2D eigenvalue weighted by Gasteiger charge is 2.35. The number of piperazine rings is 1. The summed E-state index contributed by atoms with van der Waals surface area (Å²) in [6.45, 7) is 2.33. The first kappa shape index (κ1) is 16.5. The Morgan fingerprint density at radius 1 is 1.17 bits per heavy atom. The summed E-state index contributed by atoms with van der Waals surface area (Å²) in [6.07, 6.45) is 0. The highest BCUT2D eigenvalue weighted by Crippen LogP contribution is 2.24. The van der Waals surface area contributed by atoms with Crippen molar-refractivity contribution in [1.29, 1.82) is 0 Å². The van der Waals surface area contributed by atoms with Crippen LogP contribution in [0.25, 0.3) is 0 Å². The number of halogens is 2. The number of hydrogen-bond donors (Lipinski definition) is 0. The fraction of sp³-hybridized carbons (Fsp3) is 0.222. The molecule has 2 aromatic rings. The van der Waals surface area contributed by atoms with Gasteiger partial charge >= 0.3 is 0 Å². The second-order valence-electron chi connectivity index (χ2n) is 5.62. The number of carbonyl (C=O) groups is 2. The van der Waals surface area contributed by atoms with Gasteiger partial charge in [0, 0.05) is 18.8 Å². The topological polar surface area (TPSA) is 40.6 Å². The van der Waals surface area contributed by atoms with Crippen molar-refractivity contribution >= 4 is 29.1 Å². The van der Waals surface area contributed by atoms with E-state index in [-0.39, 0.29) is 11.8 Å². The third-order valence-electron chi connectivity index (χ3n) is 4.14. The van der Waals surface area contributed by atoms with Crippen molar-refractivity contribution in [2.45, 2.75) is 13.0 Å². The van der Waals surface area contributed by atoms with Crippen molar-refractivity contribution in [3.05, 3.63) is 64.9 Å². The lowest BCUT2D eigenvalue weighted by atomic mass is 10.1. The maximum Gasteiger partial charge on any atom is 0.256 e. The molecule has 6 heteroatoms. The summed E-state index contributed by atoms with van der Waals surface area (Å²) in [4.78, 5) is 28.3. The minimum absolute atomic E-state index is 0.243. The average molecular weight is 347 g/mol. The second kappa shape index (κ2) is 6.61. The maximum absolute atomic E-state index is 13.4. The first-order chi connectivity index (χ1) is 11.5. The van der Waals surface area contributed by atoms with Gasteiger partial charge in [-0.25, -0.2) is 4.39 Å². The molecular weight excluding hydrogens is 331 g/mol. The molecule has 0 saturated carbocycles. The Labute approximate surface area is 144 Å². The van der Waals surface area contributed by atoms with Crippen LogP contribution in [0.4, 0.5) is 10.1 Å². The number of hydrogen-bond acceptors (Lipinski definition) is 2. The van der Waals surface area contributed by atoms with Gasteiger partial charge in [0.05, 0.1) is 10.6 Å². The monoisotopic (exact) mass is 346 g/mol. The molecule has 0 aromatic heterocycles. The first-order valence-electron chi connectivity index (χ1n) is 7.61. The number of nitrogens with zero attached hydrogens (tertiary/aromatic N) is 2. The van der Waals surface area contributed by atoms with E-state index in [0.717, 1.165) is 0 Å². The van der Waals surface area contributed by atoms with Gasteiger partial charge in [-0.05, 0) is 37.3 Å². The predicted molar refractivity (Wildman–Crippen MR) is 90.7 cm³/mol. The Morgan fingerprint density at radius 2 is 1.92 bits per heavy atom. The Hall–Kier alpha value is -2.40. The molecule has 2 amide bonds. The second-order valence-corrected chi connectivity index (χ2v) is 6.03. The van der Waals surface area contributed by atoms with Crippen LogP contribution in [0.1, 0.15) is 17.3 Å². The molecule has 24 heavy (non-hydrogen) atoms. The Morgan fingerprint density at radius 3 is 2.62 bits per heavy atom.